The van der Waals surface area contributed by atoms with Gasteiger partial charge in [-0.2, -0.15) is 0 Å². The number of carbonyl (C=O) groups is 1. The Balaban J connectivity index is 2.97. The second-order valence-corrected chi connectivity index (χ2v) is 7.62. The molecule has 3 N–H and O–H groups in total. The summed E-state index contributed by atoms with van der Waals surface area (Å²) in [6, 6.07) is 5.84. The minimum atomic E-state index is -3.45. The third kappa shape index (κ3) is 4.52. The quantitative estimate of drug-likeness (QED) is 0.705. The molecule has 0 aliphatic carbocycles. The summed E-state index contributed by atoms with van der Waals surface area (Å²) >= 11 is 0. The van der Waals surface area contributed by atoms with Crippen molar-refractivity contribution in [1.82, 2.24) is 5.32 Å². The van der Waals surface area contributed by atoms with Crippen LogP contribution < -0.4 is 5.32 Å². The van der Waals surface area contributed by atoms with Gasteiger partial charge in [-0.05, 0) is 31.5 Å². The van der Waals surface area contributed by atoms with E-state index < -0.39 is 27.3 Å². The van der Waals surface area contributed by atoms with Gasteiger partial charge in [0, 0.05) is 13.5 Å². The van der Waals surface area contributed by atoms with E-state index in [-0.39, 0.29) is 22.9 Å². The number of nitrogens with one attached hydrogen (secondary N) is 1. The van der Waals surface area contributed by atoms with Crippen molar-refractivity contribution >= 4 is 15.7 Å². The van der Waals surface area contributed by atoms with Gasteiger partial charge in [-0.15, -0.1) is 0 Å². The maximum atomic E-state index is 12.1. The highest BCUT2D eigenvalue weighted by molar-refractivity contribution is 7.92. The van der Waals surface area contributed by atoms with E-state index in [1.54, 1.807) is 13.8 Å². The molecule has 0 aliphatic rings. The molecule has 2 atom stereocenters. The summed E-state index contributed by atoms with van der Waals surface area (Å²) < 4.78 is 24.2. The number of benzene rings is 1. The molecule has 0 fully saturated rings. The number of amides is 1. The van der Waals surface area contributed by atoms with Gasteiger partial charge in [0.05, 0.1) is 10.1 Å². The summed E-state index contributed by atoms with van der Waals surface area (Å²) in [5.74, 6) is -0.322. The molecule has 21 heavy (non-hydrogen) atoms. The number of aliphatic hydroxyl groups excluding tert-OH is 2. The number of hydrogen-bond donors (Lipinski definition) is 3. The molecule has 0 bridgehead atoms. The average Bonchev–Trinajstić information content (AvgIpc) is 2.43. The molecule has 1 rings (SSSR count). The molecule has 118 valence electrons. The van der Waals surface area contributed by atoms with Gasteiger partial charge < -0.3 is 15.5 Å². The Morgan fingerprint density at radius 2 is 1.90 bits per heavy atom. The highest BCUT2D eigenvalue weighted by Gasteiger charge is 2.23. The van der Waals surface area contributed by atoms with Crippen LogP contribution in [0.4, 0.5) is 0 Å². The summed E-state index contributed by atoms with van der Waals surface area (Å²) in [5.41, 5.74) is 0.287. The molecule has 1 aromatic rings. The maximum Gasteiger partial charge on any atom is 0.216 e. The van der Waals surface area contributed by atoms with Gasteiger partial charge in [0.2, 0.25) is 5.91 Å². The van der Waals surface area contributed by atoms with Crippen molar-refractivity contribution in [1.29, 1.82) is 0 Å². The molecule has 1 amide bonds. The van der Waals surface area contributed by atoms with Crippen LogP contribution in [-0.2, 0) is 14.6 Å². The Labute approximate surface area is 124 Å². The molecule has 1 aromatic carbocycles. The number of sulfone groups is 1. The van der Waals surface area contributed by atoms with E-state index >= 15 is 0 Å². The summed E-state index contributed by atoms with van der Waals surface area (Å²) in [7, 11) is -3.45. The van der Waals surface area contributed by atoms with Crippen molar-refractivity contribution in [2.45, 2.75) is 43.1 Å². The molecule has 0 aromatic heterocycles. The van der Waals surface area contributed by atoms with E-state index in [1.165, 1.54) is 31.2 Å². The molecule has 0 saturated carbocycles. The Kier molecular flexibility index (Phi) is 5.88. The monoisotopic (exact) mass is 315 g/mol. The Hall–Kier alpha value is -1.44. The van der Waals surface area contributed by atoms with E-state index in [2.05, 4.69) is 5.32 Å². The maximum absolute atomic E-state index is 12.1. The van der Waals surface area contributed by atoms with Crippen molar-refractivity contribution in [2.75, 3.05) is 6.54 Å². The van der Waals surface area contributed by atoms with Crippen LogP contribution in [0.5, 0.6) is 0 Å². The van der Waals surface area contributed by atoms with Gasteiger partial charge in [0.15, 0.2) is 9.84 Å². The first-order valence-electron chi connectivity index (χ1n) is 6.60. The van der Waals surface area contributed by atoms with Gasteiger partial charge in [0.25, 0.3) is 0 Å². The topological polar surface area (TPSA) is 104 Å². The van der Waals surface area contributed by atoms with Crippen molar-refractivity contribution in [3.8, 4) is 0 Å². The zero-order valence-corrected chi connectivity index (χ0v) is 13.1. The lowest BCUT2D eigenvalue weighted by Crippen LogP contribution is -2.34. The summed E-state index contributed by atoms with van der Waals surface area (Å²) in [4.78, 5) is 10.9. The van der Waals surface area contributed by atoms with Crippen LogP contribution in [0, 0.1) is 0 Å². The first kappa shape index (κ1) is 17.6. The smallest absolute Gasteiger partial charge is 0.216 e. The largest absolute Gasteiger partial charge is 0.388 e. The van der Waals surface area contributed by atoms with Gasteiger partial charge >= 0.3 is 0 Å². The van der Waals surface area contributed by atoms with Crippen LogP contribution in [0.15, 0.2) is 29.2 Å². The molecule has 2 unspecified atom stereocenters. The summed E-state index contributed by atoms with van der Waals surface area (Å²) in [5, 5.41) is 21.7. The molecule has 0 spiro atoms. The minimum absolute atomic E-state index is 0.0979. The fourth-order valence-electron chi connectivity index (χ4n) is 1.73. The van der Waals surface area contributed by atoms with E-state index in [1.807, 2.05) is 0 Å². The van der Waals surface area contributed by atoms with Crippen LogP contribution >= 0.6 is 0 Å². The zero-order valence-electron chi connectivity index (χ0n) is 12.3. The SMILES string of the molecule is CC(=O)NCC(O)C(O)c1cccc(S(=O)(=O)C(C)C)c1. The van der Waals surface area contributed by atoms with Gasteiger partial charge in [-0.25, -0.2) is 8.42 Å². The number of hydrogen-bond acceptors (Lipinski definition) is 5. The lowest BCUT2D eigenvalue weighted by Gasteiger charge is -2.19. The fourth-order valence-corrected chi connectivity index (χ4v) is 2.84. The number of carbonyl (C=O) groups excluding carboxylic acids is 1. The molecule has 0 heterocycles. The van der Waals surface area contributed by atoms with E-state index in [0.717, 1.165) is 0 Å². The second kappa shape index (κ2) is 7.02. The zero-order chi connectivity index (χ0) is 16.2. The average molecular weight is 315 g/mol. The van der Waals surface area contributed by atoms with Crippen LogP contribution in [0.25, 0.3) is 0 Å². The molecule has 6 nitrogen and oxygen atoms in total. The number of rotatable bonds is 6. The Bertz CT molecular complexity index is 597. The van der Waals surface area contributed by atoms with E-state index in [9.17, 15) is 23.4 Å². The van der Waals surface area contributed by atoms with Crippen molar-refractivity contribution in [3.05, 3.63) is 29.8 Å². The highest BCUT2D eigenvalue weighted by atomic mass is 32.2. The molecule has 0 radical (unpaired) electrons. The Morgan fingerprint density at radius 1 is 1.29 bits per heavy atom. The third-order valence-electron chi connectivity index (χ3n) is 3.07. The van der Waals surface area contributed by atoms with Crippen molar-refractivity contribution < 1.29 is 23.4 Å². The van der Waals surface area contributed by atoms with Crippen molar-refractivity contribution in [3.63, 3.8) is 0 Å². The lowest BCUT2D eigenvalue weighted by molar-refractivity contribution is -0.119. The van der Waals surface area contributed by atoms with Crippen LogP contribution in [0.2, 0.25) is 0 Å². The van der Waals surface area contributed by atoms with Crippen LogP contribution in [0.1, 0.15) is 32.4 Å². The minimum Gasteiger partial charge on any atom is -0.388 e. The van der Waals surface area contributed by atoms with Gasteiger partial charge in [-0.1, -0.05) is 12.1 Å². The molecule has 7 heteroatoms. The normalized spacial score (nSPS) is 14.8. The van der Waals surface area contributed by atoms with Gasteiger partial charge in [0.1, 0.15) is 12.2 Å². The van der Waals surface area contributed by atoms with Crippen LogP contribution in [0.3, 0.4) is 0 Å². The standard InChI is InChI=1S/C14H21NO5S/c1-9(2)21(19,20)12-6-4-5-11(7-12)14(18)13(17)8-15-10(3)16/h4-7,9,13-14,17-18H,8H2,1-3H3,(H,15,16). The molecular formula is C14H21NO5S. The number of aliphatic hydroxyl groups is 2. The first-order chi connectivity index (χ1) is 9.66. The van der Waals surface area contributed by atoms with E-state index in [4.69, 9.17) is 0 Å². The Morgan fingerprint density at radius 3 is 2.43 bits per heavy atom. The second-order valence-electron chi connectivity index (χ2n) is 5.12. The summed E-state index contributed by atoms with van der Waals surface area (Å²) in [6.07, 6.45) is -2.50. The molecule has 0 saturated heterocycles. The molecule has 0 aliphatic heterocycles. The van der Waals surface area contributed by atoms with Gasteiger partial charge in [-0.3, -0.25) is 4.79 Å². The fraction of sp³-hybridized carbons (Fsp3) is 0.500. The first-order valence-corrected chi connectivity index (χ1v) is 8.15. The van der Waals surface area contributed by atoms with Crippen LogP contribution in [-0.4, -0.2) is 42.4 Å². The third-order valence-corrected chi connectivity index (χ3v) is 5.23. The predicted molar refractivity (Wildman–Crippen MR) is 78.4 cm³/mol. The molecular weight excluding hydrogens is 294 g/mol. The summed E-state index contributed by atoms with van der Waals surface area (Å²) in [6.45, 7) is 4.33. The highest BCUT2D eigenvalue weighted by Crippen LogP contribution is 2.22. The van der Waals surface area contributed by atoms with Crippen molar-refractivity contribution in [2.24, 2.45) is 0 Å². The van der Waals surface area contributed by atoms with E-state index in [0.29, 0.717) is 0 Å². The lowest BCUT2D eigenvalue weighted by atomic mass is 10.0. The predicted octanol–water partition coefficient (Wildman–Crippen LogP) is 0.399.